The molecule has 2 aliphatic rings. The van der Waals surface area contributed by atoms with E-state index in [2.05, 4.69) is 36.1 Å². The Morgan fingerprint density at radius 2 is 2.00 bits per heavy atom. The Bertz CT molecular complexity index is 486. The topological polar surface area (TPSA) is 23.6 Å². The van der Waals surface area contributed by atoms with Crippen LogP contribution in [0.1, 0.15) is 37.3 Å². The molecule has 1 fully saturated rings. The molecular weight excluding hydrogens is 248 g/mol. The lowest BCUT2D eigenvalue weighted by Gasteiger charge is -2.35. The zero-order valence-electron chi connectivity index (χ0n) is 12.3. The van der Waals surface area contributed by atoms with Gasteiger partial charge in [0.25, 0.3) is 0 Å². The molecule has 0 radical (unpaired) electrons. The zero-order valence-corrected chi connectivity index (χ0v) is 12.3. The summed E-state index contributed by atoms with van der Waals surface area (Å²) >= 11 is 0. The van der Waals surface area contributed by atoms with E-state index in [9.17, 15) is 4.79 Å². The first-order valence-corrected chi connectivity index (χ1v) is 7.82. The van der Waals surface area contributed by atoms with Crippen molar-refractivity contribution in [3.8, 4) is 0 Å². The number of hydrogen-bond acceptors (Lipinski definition) is 2. The fourth-order valence-corrected chi connectivity index (χ4v) is 3.37. The molecule has 1 aromatic rings. The van der Waals surface area contributed by atoms with Gasteiger partial charge in [-0.3, -0.25) is 9.69 Å². The van der Waals surface area contributed by atoms with E-state index in [1.165, 1.54) is 30.4 Å². The fourth-order valence-electron chi connectivity index (χ4n) is 3.37. The molecule has 1 amide bonds. The van der Waals surface area contributed by atoms with E-state index in [-0.39, 0.29) is 0 Å². The number of fused-ring (bicyclic) bond motifs is 1. The van der Waals surface area contributed by atoms with Crippen LogP contribution in [0.4, 0.5) is 0 Å². The second-order valence-corrected chi connectivity index (χ2v) is 6.15. The third kappa shape index (κ3) is 2.88. The number of carbonyl (C=O) groups excluding carboxylic acids is 1. The number of likely N-dealkylation sites (tertiary alicyclic amines) is 1. The minimum absolute atomic E-state index is 0.299. The third-order valence-corrected chi connectivity index (χ3v) is 4.76. The van der Waals surface area contributed by atoms with Crippen molar-refractivity contribution in [1.82, 2.24) is 9.80 Å². The van der Waals surface area contributed by atoms with Crippen LogP contribution in [-0.4, -0.2) is 41.4 Å². The van der Waals surface area contributed by atoms with Gasteiger partial charge in [0.05, 0.1) is 6.54 Å². The summed E-state index contributed by atoms with van der Waals surface area (Å²) < 4.78 is 0. The van der Waals surface area contributed by atoms with Crippen molar-refractivity contribution < 1.29 is 4.79 Å². The van der Waals surface area contributed by atoms with E-state index < -0.39 is 0 Å². The van der Waals surface area contributed by atoms with Crippen LogP contribution < -0.4 is 0 Å². The first kappa shape index (κ1) is 13.6. The summed E-state index contributed by atoms with van der Waals surface area (Å²) in [5.74, 6) is 0.299. The van der Waals surface area contributed by atoms with Crippen LogP contribution in [0.25, 0.3) is 0 Å². The summed E-state index contributed by atoms with van der Waals surface area (Å²) in [4.78, 5) is 16.9. The van der Waals surface area contributed by atoms with Gasteiger partial charge in [0.15, 0.2) is 0 Å². The summed E-state index contributed by atoms with van der Waals surface area (Å²) in [7, 11) is 0. The molecule has 0 spiro atoms. The molecule has 0 aromatic heterocycles. The Labute approximate surface area is 121 Å². The quantitative estimate of drug-likeness (QED) is 0.825. The SMILES string of the molecule is CC1CCCCN1CC(=O)N1CCc2ccccc2C1. The predicted molar refractivity (Wildman–Crippen MR) is 80.4 cm³/mol. The largest absolute Gasteiger partial charge is 0.337 e. The van der Waals surface area contributed by atoms with Crippen molar-refractivity contribution in [2.24, 2.45) is 0 Å². The molecule has 1 atom stereocenters. The number of piperidine rings is 1. The minimum Gasteiger partial charge on any atom is -0.337 e. The molecule has 1 aromatic carbocycles. The van der Waals surface area contributed by atoms with Crippen molar-refractivity contribution in [1.29, 1.82) is 0 Å². The maximum absolute atomic E-state index is 12.5. The first-order valence-electron chi connectivity index (χ1n) is 7.82. The maximum Gasteiger partial charge on any atom is 0.237 e. The molecule has 108 valence electrons. The lowest BCUT2D eigenvalue weighted by molar-refractivity contribution is -0.134. The highest BCUT2D eigenvalue weighted by Gasteiger charge is 2.25. The van der Waals surface area contributed by atoms with Gasteiger partial charge >= 0.3 is 0 Å². The van der Waals surface area contributed by atoms with Crippen LogP contribution in [0.5, 0.6) is 0 Å². The van der Waals surface area contributed by atoms with Crippen LogP contribution >= 0.6 is 0 Å². The van der Waals surface area contributed by atoms with E-state index in [1.807, 2.05) is 4.90 Å². The van der Waals surface area contributed by atoms with E-state index in [1.54, 1.807) is 0 Å². The summed E-state index contributed by atoms with van der Waals surface area (Å²) in [6.45, 7) is 5.59. The molecule has 0 N–H and O–H groups in total. The highest BCUT2D eigenvalue weighted by molar-refractivity contribution is 5.78. The first-order chi connectivity index (χ1) is 9.74. The molecular formula is C17H24N2O. The summed E-state index contributed by atoms with van der Waals surface area (Å²) in [5.41, 5.74) is 2.72. The summed E-state index contributed by atoms with van der Waals surface area (Å²) in [5, 5.41) is 0. The van der Waals surface area contributed by atoms with Crippen LogP contribution in [0, 0.1) is 0 Å². The minimum atomic E-state index is 0.299. The number of nitrogens with zero attached hydrogens (tertiary/aromatic N) is 2. The number of rotatable bonds is 2. The van der Waals surface area contributed by atoms with Crippen molar-refractivity contribution in [3.63, 3.8) is 0 Å². The molecule has 0 saturated carbocycles. The average molecular weight is 272 g/mol. The van der Waals surface area contributed by atoms with Gasteiger partial charge in [-0.25, -0.2) is 0 Å². The van der Waals surface area contributed by atoms with Crippen molar-refractivity contribution in [2.45, 2.75) is 45.2 Å². The smallest absolute Gasteiger partial charge is 0.237 e. The second-order valence-electron chi connectivity index (χ2n) is 6.15. The van der Waals surface area contributed by atoms with Gasteiger partial charge in [0.1, 0.15) is 0 Å². The molecule has 20 heavy (non-hydrogen) atoms. The van der Waals surface area contributed by atoms with Gasteiger partial charge in [-0.1, -0.05) is 30.7 Å². The Kier molecular flexibility index (Phi) is 4.06. The number of hydrogen-bond donors (Lipinski definition) is 0. The van der Waals surface area contributed by atoms with E-state index >= 15 is 0 Å². The van der Waals surface area contributed by atoms with Gasteiger partial charge in [0, 0.05) is 19.1 Å². The van der Waals surface area contributed by atoms with Gasteiger partial charge < -0.3 is 4.90 Å². The highest BCUT2D eigenvalue weighted by atomic mass is 16.2. The Morgan fingerprint density at radius 3 is 2.80 bits per heavy atom. The molecule has 1 saturated heterocycles. The molecule has 1 unspecified atom stereocenters. The molecule has 0 bridgehead atoms. The molecule has 3 nitrogen and oxygen atoms in total. The maximum atomic E-state index is 12.5. The van der Waals surface area contributed by atoms with Gasteiger partial charge in [-0.2, -0.15) is 0 Å². The summed E-state index contributed by atoms with van der Waals surface area (Å²) in [6.07, 6.45) is 4.77. The lowest BCUT2D eigenvalue weighted by atomic mass is 9.99. The van der Waals surface area contributed by atoms with Gasteiger partial charge in [-0.05, 0) is 43.9 Å². The molecule has 2 heterocycles. The van der Waals surface area contributed by atoms with Gasteiger partial charge in [0.2, 0.25) is 5.91 Å². The fraction of sp³-hybridized carbons (Fsp3) is 0.588. The van der Waals surface area contributed by atoms with Crippen LogP contribution in [-0.2, 0) is 17.8 Å². The van der Waals surface area contributed by atoms with E-state index in [0.717, 1.165) is 26.1 Å². The molecule has 2 aliphatic heterocycles. The van der Waals surface area contributed by atoms with Crippen molar-refractivity contribution in [2.75, 3.05) is 19.6 Å². The van der Waals surface area contributed by atoms with Crippen molar-refractivity contribution >= 4 is 5.91 Å². The third-order valence-electron chi connectivity index (χ3n) is 4.76. The lowest BCUT2D eigenvalue weighted by Crippen LogP contribution is -2.46. The Hall–Kier alpha value is -1.35. The van der Waals surface area contributed by atoms with Crippen molar-refractivity contribution in [3.05, 3.63) is 35.4 Å². The van der Waals surface area contributed by atoms with Crippen LogP contribution in [0.3, 0.4) is 0 Å². The predicted octanol–water partition coefficient (Wildman–Crippen LogP) is 2.45. The number of benzene rings is 1. The standard InChI is InChI=1S/C17H24N2O/c1-14-6-4-5-10-18(14)13-17(20)19-11-9-15-7-2-3-8-16(15)12-19/h2-3,7-8,14H,4-6,9-13H2,1H3. The number of amides is 1. The second kappa shape index (κ2) is 5.96. The monoisotopic (exact) mass is 272 g/mol. The molecule has 3 heteroatoms. The van der Waals surface area contributed by atoms with E-state index in [0.29, 0.717) is 18.5 Å². The van der Waals surface area contributed by atoms with E-state index in [4.69, 9.17) is 0 Å². The highest BCUT2D eigenvalue weighted by Crippen LogP contribution is 2.20. The normalized spacial score (nSPS) is 23.4. The molecule has 0 aliphatic carbocycles. The van der Waals surface area contributed by atoms with Crippen LogP contribution in [0.15, 0.2) is 24.3 Å². The van der Waals surface area contributed by atoms with Crippen LogP contribution in [0.2, 0.25) is 0 Å². The Morgan fingerprint density at radius 1 is 1.20 bits per heavy atom. The number of carbonyl (C=O) groups is 1. The Balaban J connectivity index is 1.61. The molecule has 3 rings (SSSR count). The summed E-state index contributed by atoms with van der Waals surface area (Å²) in [6, 6.07) is 9.05. The van der Waals surface area contributed by atoms with Gasteiger partial charge in [-0.15, -0.1) is 0 Å². The average Bonchev–Trinajstić information content (AvgIpc) is 2.49. The zero-order chi connectivity index (χ0) is 13.9.